The maximum atomic E-state index is 13.3. The monoisotopic (exact) mass is 409 g/mol. The molecular formula is C23H24FN3OS. The van der Waals surface area contributed by atoms with E-state index >= 15 is 0 Å². The molecule has 0 bridgehead atoms. The Balaban J connectivity index is 1.56. The van der Waals surface area contributed by atoms with Gasteiger partial charge in [0.1, 0.15) is 16.5 Å². The summed E-state index contributed by atoms with van der Waals surface area (Å²) >= 11 is 1.44. The maximum Gasteiger partial charge on any atom is 0.233 e. The van der Waals surface area contributed by atoms with E-state index in [0.717, 1.165) is 40.1 Å². The third kappa shape index (κ3) is 4.42. The Morgan fingerprint density at radius 3 is 2.38 bits per heavy atom. The summed E-state index contributed by atoms with van der Waals surface area (Å²) in [6.07, 6.45) is 1.18. The van der Waals surface area contributed by atoms with E-state index in [1.54, 1.807) is 12.1 Å². The number of benzene rings is 2. The van der Waals surface area contributed by atoms with Crippen LogP contribution in [0.15, 0.2) is 53.6 Å². The number of rotatable bonds is 4. The van der Waals surface area contributed by atoms with Gasteiger partial charge in [0, 0.05) is 29.4 Å². The molecule has 1 fully saturated rings. The van der Waals surface area contributed by atoms with Crippen molar-refractivity contribution in [2.24, 2.45) is 11.8 Å². The fraction of sp³-hybridized carbons (Fsp3) is 0.348. The lowest BCUT2D eigenvalue weighted by Crippen LogP contribution is -2.43. The number of amides is 1. The molecule has 29 heavy (non-hydrogen) atoms. The Morgan fingerprint density at radius 1 is 1.03 bits per heavy atom. The summed E-state index contributed by atoms with van der Waals surface area (Å²) in [5.41, 5.74) is 1.54. The van der Waals surface area contributed by atoms with E-state index in [1.165, 1.54) is 30.3 Å². The largest absolute Gasteiger partial charge is 0.341 e. The van der Waals surface area contributed by atoms with Gasteiger partial charge < -0.3 is 4.90 Å². The van der Waals surface area contributed by atoms with Crippen LogP contribution in [-0.2, 0) is 4.79 Å². The second kappa shape index (κ2) is 8.49. The van der Waals surface area contributed by atoms with Gasteiger partial charge in [0.05, 0.1) is 5.75 Å². The van der Waals surface area contributed by atoms with Gasteiger partial charge in [0.25, 0.3) is 0 Å². The van der Waals surface area contributed by atoms with Gasteiger partial charge in [-0.3, -0.25) is 4.79 Å². The average Bonchev–Trinajstić information content (AvgIpc) is 2.72. The first-order chi connectivity index (χ1) is 14.0. The van der Waals surface area contributed by atoms with Crippen LogP contribution in [0.2, 0.25) is 0 Å². The van der Waals surface area contributed by atoms with Crippen molar-refractivity contribution in [2.45, 2.75) is 25.3 Å². The van der Waals surface area contributed by atoms with E-state index in [2.05, 4.69) is 24.0 Å². The molecule has 4 nitrogen and oxygen atoms in total. The van der Waals surface area contributed by atoms with Crippen molar-refractivity contribution < 1.29 is 9.18 Å². The first kappa shape index (κ1) is 19.8. The molecule has 2 aromatic carbocycles. The number of piperidine rings is 1. The van der Waals surface area contributed by atoms with Crippen LogP contribution in [0.25, 0.3) is 22.0 Å². The Morgan fingerprint density at radius 2 is 1.69 bits per heavy atom. The zero-order valence-corrected chi connectivity index (χ0v) is 17.5. The molecule has 1 aliphatic rings. The number of carbonyl (C=O) groups excluding carboxylic acids is 1. The molecular weight excluding hydrogens is 385 g/mol. The molecule has 6 heteroatoms. The van der Waals surface area contributed by atoms with Crippen LogP contribution in [0.5, 0.6) is 0 Å². The molecule has 1 aromatic heterocycles. The van der Waals surface area contributed by atoms with Gasteiger partial charge >= 0.3 is 0 Å². The number of hydrogen-bond donors (Lipinski definition) is 0. The molecule has 150 valence electrons. The number of nitrogens with zero attached hydrogens (tertiary/aromatic N) is 3. The fourth-order valence-corrected chi connectivity index (χ4v) is 4.97. The van der Waals surface area contributed by atoms with E-state index in [9.17, 15) is 9.18 Å². The number of carbonyl (C=O) groups is 1. The molecule has 0 spiro atoms. The molecule has 0 aliphatic carbocycles. The third-order valence-electron chi connectivity index (χ3n) is 5.33. The molecule has 3 aromatic rings. The van der Waals surface area contributed by atoms with Crippen molar-refractivity contribution in [3.63, 3.8) is 0 Å². The van der Waals surface area contributed by atoms with Crippen molar-refractivity contribution in [3.8, 4) is 11.3 Å². The summed E-state index contributed by atoms with van der Waals surface area (Å²) in [4.78, 5) is 14.7. The molecule has 1 aliphatic heterocycles. The lowest BCUT2D eigenvalue weighted by molar-refractivity contribution is -0.130. The highest BCUT2D eigenvalue weighted by Gasteiger charge is 2.25. The molecule has 2 atom stereocenters. The van der Waals surface area contributed by atoms with E-state index in [0.29, 0.717) is 17.6 Å². The number of halogens is 1. The Labute approximate surface area is 174 Å². The molecule has 1 saturated heterocycles. The number of thioether (sulfide) groups is 1. The van der Waals surface area contributed by atoms with Crippen LogP contribution in [0.4, 0.5) is 4.39 Å². The number of likely N-dealkylation sites (tertiary alicyclic amines) is 1. The van der Waals surface area contributed by atoms with Gasteiger partial charge in [-0.25, -0.2) is 4.39 Å². The smallest absolute Gasteiger partial charge is 0.233 e. The first-order valence-corrected chi connectivity index (χ1v) is 10.9. The summed E-state index contributed by atoms with van der Waals surface area (Å²) < 4.78 is 13.3. The van der Waals surface area contributed by atoms with Crippen LogP contribution in [0, 0.1) is 17.7 Å². The number of hydrogen-bond acceptors (Lipinski definition) is 4. The number of aromatic nitrogens is 2. The van der Waals surface area contributed by atoms with Crippen LogP contribution >= 0.6 is 11.8 Å². The quantitative estimate of drug-likeness (QED) is 0.567. The summed E-state index contributed by atoms with van der Waals surface area (Å²) in [6.45, 7) is 6.08. The minimum Gasteiger partial charge on any atom is -0.341 e. The highest BCUT2D eigenvalue weighted by Crippen LogP contribution is 2.32. The van der Waals surface area contributed by atoms with E-state index in [4.69, 9.17) is 0 Å². The molecule has 0 saturated carbocycles. The van der Waals surface area contributed by atoms with E-state index in [-0.39, 0.29) is 11.7 Å². The lowest BCUT2D eigenvalue weighted by atomic mass is 9.92. The summed E-state index contributed by atoms with van der Waals surface area (Å²) in [5.74, 6) is 1.32. The Kier molecular flexibility index (Phi) is 5.81. The lowest BCUT2D eigenvalue weighted by Gasteiger charge is -2.35. The minimum atomic E-state index is -0.280. The molecule has 0 radical (unpaired) electrons. The topological polar surface area (TPSA) is 46.1 Å². The van der Waals surface area contributed by atoms with Crippen molar-refractivity contribution >= 4 is 28.4 Å². The first-order valence-electron chi connectivity index (χ1n) is 9.93. The molecule has 1 amide bonds. The maximum absolute atomic E-state index is 13.3. The summed E-state index contributed by atoms with van der Waals surface area (Å²) in [6, 6.07) is 14.2. The third-order valence-corrected chi connectivity index (χ3v) is 6.29. The molecule has 0 N–H and O–H groups in total. The highest BCUT2D eigenvalue weighted by atomic mass is 32.2. The van der Waals surface area contributed by atoms with Gasteiger partial charge in [0.15, 0.2) is 0 Å². The molecule has 2 heterocycles. The van der Waals surface area contributed by atoms with Gasteiger partial charge in [-0.2, -0.15) is 0 Å². The fourth-order valence-electron chi connectivity index (χ4n) is 4.09. The standard InChI is InChI=1S/C23H24FN3OS/c1-15-11-16(2)13-27(12-15)21(28)14-29-23-20-6-4-3-5-19(20)22(25-26-23)17-7-9-18(24)10-8-17/h3-10,15-16H,11-14H2,1-2H3/t15-,16-/m1/s1. The minimum absolute atomic E-state index is 0.155. The van der Waals surface area contributed by atoms with Gasteiger partial charge in [-0.15, -0.1) is 10.2 Å². The van der Waals surface area contributed by atoms with Gasteiger partial charge in [-0.05, 0) is 42.5 Å². The zero-order chi connectivity index (χ0) is 20.4. The summed E-state index contributed by atoms with van der Waals surface area (Å²) in [7, 11) is 0. The van der Waals surface area contributed by atoms with Crippen LogP contribution < -0.4 is 0 Å². The second-order valence-corrected chi connectivity index (χ2v) is 8.90. The number of fused-ring (bicyclic) bond motifs is 1. The Hall–Kier alpha value is -2.47. The zero-order valence-electron chi connectivity index (χ0n) is 16.6. The van der Waals surface area contributed by atoms with E-state index < -0.39 is 0 Å². The van der Waals surface area contributed by atoms with Crippen LogP contribution in [0.3, 0.4) is 0 Å². The van der Waals surface area contributed by atoms with Crippen molar-refractivity contribution in [3.05, 3.63) is 54.3 Å². The van der Waals surface area contributed by atoms with Crippen molar-refractivity contribution in [2.75, 3.05) is 18.8 Å². The van der Waals surface area contributed by atoms with Crippen LogP contribution in [0.1, 0.15) is 20.3 Å². The average molecular weight is 410 g/mol. The summed E-state index contributed by atoms with van der Waals surface area (Å²) in [5, 5.41) is 11.5. The second-order valence-electron chi connectivity index (χ2n) is 7.94. The normalized spacial score (nSPS) is 19.5. The van der Waals surface area contributed by atoms with E-state index in [1.807, 2.05) is 29.2 Å². The Bertz CT molecular complexity index is 1010. The van der Waals surface area contributed by atoms with Gasteiger partial charge in [0.2, 0.25) is 5.91 Å². The SMILES string of the molecule is C[C@@H]1C[C@@H](C)CN(C(=O)CSc2nnc(-c3ccc(F)cc3)c3ccccc23)C1. The predicted octanol–water partition coefficient (Wildman–Crippen LogP) is 5.03. The highest BCUT2D eigenvalue weighted by molar-refractivity contribution is 8.00. The van der Waals surface area contributed by atoms with Crippen molar-refractivity contribution in [1.29, 1.82) is 0 Å². The van der Waals surface area contributed by atoms with Crippen LogP contribution in [-0.4, -0.2) is 39.8 Å². The predicted molar refractivity (Wildman–Crippen MR) is 115 cm³/mol. The van der Waals surface area contributed by atoms with Crippen molar-refractivity contribution in [1.82, 2.24) is 15.1 Å². The molecule has 4 rings (SSSR count). The molecule has 0 unspecified atom stereocenters. The van der Waals surface area contributed by atoms with Gasteiger partial charge in [-0.1, -0.05) is 49.9 Å².